The van der Waals surface area contributed by atoms with Crippen molar-refractivity contribution < 1.29 is 23.8 Å². The summed E-state index contributed by atoms with van der Waals surface area (Å²) in [6, 6.07) is 5.70. The number of nitrogens with one attached hydrogen (secondary N) is 1. The Hall–Kier alpha value is -3.23. The van der Waals surface area contributed by atoms with E-state index in [-0.39, 0.29) is 22.9 Å². The Bertz CT molecular complexity index is 843. The summed E-state index contributed by atoms with van der Waals surface area (Å²) in [6.45, 7) is 6.65. The second-order valence-electron chi connectivity index (χ2n) is 5.97. The Morgan fingerprint density at radius 3 is 2.54 bits per heavy atom. The molecule has 26 heavy (non-hydrogen) atoms. The van der Waals surface area contributed by atoms with Crippen LogP contribution < -0.4 is 5.32 Å². The van der Waals surface area contributed by atoms with E-state index in [9.17, 15) is 19.7 Å². The Kier molecular flexibility index (Phi) is 5.71. The van der Waals surface area contributed by atoms with Gasteiger partial charge in [-0.25, -0.2) is 4.79 Å². The number of ether oxygens (including phenoxy) is 1. The molecular weight excluding hydrogens is 342 g/mol. The van der Waals surface area contributed by atoms with Crippen molar-refractivity contribution in [2.45, 2.75) is 39.7 Å². The largest absolute Gasteiger partial charge is 0.449 e. The summed E-state index contributed by atoms with van der Waals surface area (Å²) in [5, 5.41) is 17.2. The van der Waals surface area contributed by atoms with E-state index in [0.29, 0.717) is 11.5 Å². The number of hydrogen-bond acceptors (Lipinski definition) is 7. The number of nitrogens with zero attached hydrogens (tertiary/aromatic N) is 2. The molecule has 0 saturated carbocycles. The first-order valence-electron chi connectivity index (χ1n) is 7.93. The van der Waals surface area contributed by atoms with Crippen molar-refractivity contribution in [1.29, 1.82) is 0 Å². The third-order valence-corrected chi connectivity index (χ3v) is 3.63. The predicted octanol–water partition coefficient (Wildman–Crippen LogP) is 3.20. The van der Waals surface area contributed by atoms with Gasteiger partial charge in [0.05, 0.1) is 10.6 Å². The van der Waals surface area contributed by atoms with Crippen molar-refractivity contribution in [3.63, 3.8) is 0 Å². The number of para-hydroxylation sites is 2. The molecule has 138 valence electrons. The average molecular weight is 361 g/mol. The number of carbonyl (C=O) groups excluding carboxylic acids is 2. The summed E-state index contributed by atoms with van der Waals surface area (Å²) < 4.78 is 10.3. The summed E-state index contributed by atoms with van der Waals surface area (Å²) in [6.07, 6.45) is -1.17. The highest BCUT2D eigenvalue weighted by molar-refractivity contribution is 5.99. The number of anilines is 1. The number of aromatic nitrogens is 1. The fraction of sp³-hybridized carbons (Fsp3) is 0.353. The van der Waals surface area contributed by atoms with Gasteiger partial charge < -0.3 is 14.6 Å². The van der Waals surface area contributed by atoms with Crippen LogP contribution in [0.15, 0.2) is 28.8 Å². The van der Waals surface area contributed by atoms with Crippen LogP contribution in [0.3, 0.4) is 0 Å². The Balaban J connectivity index is 2.12. The number of nitro benzene ring substituents is 1. The molecule has 0 aliphatic rings. The van der Waals surface area contributed by atoms with Crippen molar-refractivity contribution in [2.75, 3.05) is 5.32 Å². The van der Waals surface area contributed by atoms with Gasteiger partial charge in [0.25, 0.3) is 11.6 Å². The van der Waals surface area contributed by atoms with Gasteiger partial charge in [-0.3, -0.25) is 14.9 Å². The summed E-state index contributed by atoms with van der Waals surface area (Å²) >= 11 is 0. The molecule has 0 spiro atoms. The third kappa shape index (κ3) is 4.05. The van der Waals surface area contributed by atoms with Crippen LogP contribution in [0.1, 0.15) is 48.5 Å². The van der Waals surface area contributed by atoms with Crippen LogP contribution in [0, 0.1) is 17.0 Å². The number of benzene rings is 1. The van der Waals surface area contributed by atoms with E-state index in [4.69, 9.17) is 9.26 Å². The molecule has 0 saturated heterocycles. The Labute approximate surface area is 149 Å². The summed E-state index contributed by atoms with van der Waals surface area (Å²) in [5.74, 6) is -1.14. The van der Waals surface area contributed by atoms with Gasteiger partial charge >= 0.3 is 5.97 Å². The number of hydrogen-bond donors (Lipinski definition) is 1. The second kappa shape index (κ2) is 7.77. The predicted molar refractivity (Wildman–Crippen MR) is 91.9 cm³/mol. The van der Waals surface area contributed by atoms with Gasteiger partial charge in [0.15, 0.2) is 11.9 Å². The molecule has 1 atom stereocenters. The van der Waals surface area contributed by atoms with Crippen LogP contribution in [0.5, 0.6) is 0 Å². The number of aryl methyl sites for hydroxylation is 1. The molecule has 0 aliphatic carbocycles. The van der Waals surface area contributed by atoms with Gasteiger partial charge in [-0.2, -0.15) is 0 Å². The molecule has 2 rings (SSSR count). The smallest absolute Gasteiger partial charge is 0.344 e. The molecule has 1 heterocycles. The number of esters is 1. The molecule has 1 aromatic heterocycles. The third-order valence-electron chi connectivity index (χ3n) is 3.63. The maximum Gasteiger partial charge on any atom is 0.344 e. The van der Waals surface area contributed by atoms with E-state index in [1.807, 2.05) is 13.8 Å². The number of amides is 1. The molecule has 1 amide bonds. The fourth-order valence-electron chi connectivity index (χ4n) is 2.28. The first-order valence-corrected chi connectivity index (χ1v) is 7.93. The minimum atomic E-state index is -1.17. The lowest BCUT2D eigenvalue weighted by Gasteiger charge is -2.14. The number of nitro groups is 1. The Morgan fingerprint density at radius 1 is 1.27 bits per heavy atom. The molecule has 0 fully saturated rings. The topological polar surface area (TPSA) is 125 Å². The van der Waals surface area contributed by atoms with E-state index in [1.165, 1.54) is 25.1 Å². The van der Waals surface area contributed by atoms with Crippen LogP contribution in [-0.2, 0) is 9.53 Å². The van der Waals surface area contributed by atoms with Crippen molar-refractivity contribution in [3.8, 4) is 0 Å². The highest BCUT2D eigenvalue weighted by Gasteiger charge is 2.28. The molecule has 9 nitrogen and oxygen atoms in total. The van der Waals surface area contributed by atoms with Crippen LogP contribution in [-0.4, -0.2) is 28.1 Å². The molecular formula is C17H19N3O6. The zero-order chi connectivity index (χ0) is 19.4. The van der Waals surface area contributed by atoms with Gasteiger partial charge in [-0.1, -0.05) is 31.1 Å². The van der Waals surface area contributed by atoms with E-state index in [2.05, 4.69) is 10.5 Å². The van der Waals surface area contributed by atoms with Crippen LogP contribution >= 0.6 is 0 Å². The zero-order valence-corrected chi connectivity index (χ0v) is 14.8. The van der Waals surface area contributed by atoms with Gasteiger partial charge in [0, 0.05) is 12.0 Å². The SMILES string of the molecule is Cc1noc(C(C)C)c1C(=O)O[C@H](C)C(=O)Nc1ccccc1[N+](=O)[O-]. The Morgan fingerprint density at radius 2 is 1.92 bits per heavy atom. The molecule has 1 aromatic carbocycles. The summed E-state index contributed by atoms with van der Waals surface area (Å²) in [5.41, 5.74) is 0.320. The first kappa shape index (κ1) is 19.1. The minimum absolute atomic E-state index is 0.0226. The van der Waals surface area contributed by atoms with Crippen molar-refractivity contribution in [2.24, 2.45) is 0 Å². The monoisotopic (exact) mass is 361 g/mol. The molecule has 0 aliphatic heterocycles. The minimum Gasteiger partial charge on any atom is -0.449 e. The molecule has 0 bridgehead atoms. The number of carbonyl (C=O) groups is 2. The molecule has 2 aromatic rings. The maximum atomic E-state index is 12.4. The highest BCUT2D eigenvalue weighted by Crippen LogP contribution is 2.25. The van der Waals surface area contributed by atoms with E-state index < -0.39 is 22.9 Å². The molecule has 1 N–H and O–H groups in total. The van der Waals surface area contributed by atoms with Crippen LogP contribution in [0.25, 0.3) is 0 Å². The van der Waals surface area contributed by atoms with E-state index in [0.717, 1.165) is 0 Å². The van der Waals surface area contributed by atoms with Crippen molar-refractivity contribution in [1.82, 2.24) is 5.16 Å². The van der Waals surface area contributed by atoms with Gasteiger partial charge in [0.2, 0.25) is 0 Å². The quantitative estimate of drug-likeness (QED) is 0.476. The maximum absolute atomic E-state index is 12.4. The van der Waals surface area contributed by atoms with Gasteiger partial charge in [0.1, 0.15) is 11.3 Å². The van der Waals surface area contributed by atoms with E-state index in [1.54, 1.807) is 13.0 Å². The lowest BCUT2D eigenvalue weighted by molar-refractivity contribution is -0.383. The molecule has 0 radical (unpaired) electrons. The normalized spacial score (nSPS) is 11.9. The fourth-order valence-corrected chi connectivity index (χ4v) is 2.28. The highest BCUT2D eigenvalue weighted by atomic mass is 16.6. The lowest BCUT2D eigenvalue weighted by atomic mass is 10.1. The van der Waals surface area contributed by atoms with Crippen LogP contribution in [0.2, 0.25) is 0 Å². The molecule has 9 heteroatoms. The van der Waals surface area contributed by atoms with Gasteiger partial charge in [-0.15, -0.1) is 0 Å². The van der Waals surface area contributed by atoms with Crippen LogP contribution in [0.4, 0.5) is 11.4 Å². The molecule has 0 unspecified atom stereocenters. The standard InChI is InChI=1S/C17H19N3O6/c1-9(2)15-14(10(3)19-26-15)17(22)25-11(4)16(21)18-12-7-5-6-8-13(12)20(23)24/h5-9,11H,1-4H3,(H,18,21)/t11-/m1/s1. The summed E-state index contributed by atoms with van der Waals surface area (Å²) in [4.78, 5) is 35.0. The zero-order valence-electron chi connectivity index (χ0n) is 14.8. The first-order chi connectivity index (χ1) is 12.2. The van der Waals surface area contributed by atoms with Crippen molar-refractivity contribution >= 4 is 23.3 Å². The van der Waals surface area contributed by atoms with Gasteiger partial charge in [-0.05, 0) is 19.9 Å². The van der Waals surface area contributed by atoms with Crippen molar-refractivity contribution in [3.05, 3.63) is 51.4 Å². The second-order valence-corrected chi connectivity index (χ2v) is 5.97. The number of rotatable bonds is 6. The van der Waals surface area contributed by atoms with E-state index >= 15 is 0 Å². The lowest BCUT2D eigenvalue weighted by Crippen LogP contribution is -2.30. The summed E-state index contributed by atoms with van der Waals surface area (Å²) in [7, 11) is 0. The average Bonchev–Trinajstić information content (AvgIpc) is 2.97.